The second-order valence-electron chi connectivity index (χ2n) is 3.48. The molecule has 0 N–H and O–H groups in total. The molecule has 0 fully saturated rings. The fraction of sp³-hybridized carbons (Fsp3) is 0.600. The monoisotopic (exact) mass is 196 g/mol. The molecule has 78 valence electrons. The Morgan fingerprint density at radius 1 is 1.64 bits per heavy atom. The first-order valence-corrected chi connectivity index (χ1v) is 4.91. The number of nitrogens with zero attached hydrogens (tertiary/aromatic N) is 2. The molecule has 1 aromatic rings. The minimum atomic E-state index is -0.205. The van der Waals surface area contributed by atoms with Crippen LogP contribution in [0.4, 0.5) is 0 Å². The summed E-state index contributed by atoms with van der Waals surface area (Å²) < 4.78 is 1.32. The van der Waals surface area contributed by atoms with Crippen LogP contribution in [0.5, 0.6) is 0 Å². The molecule has 1 rings (SSSR count). The molecule has 0 saturated carbocycles. The smallest absolute Gasteiger partial charge is 0.333 e. The first-order valence-electron chi connectivity index (χ1n) is 4.91. The summed E-state index contributed by atoms with van der Waals surface area (Å²) in [7, 11) is 0. The van der Waals surface area contributed by atoms with Crippen molar-refractivity contribution in [2.45, 2.75) is 33.1 Å². The van der Waals surface area contributed by atoms with Crippen LogP contribution in [-0.2, 0) is 4.79 Å². The van der Waals surface area contributed by atoms with Crippen molar-refractivity contribution < 1.29 is 9.63 Å². The normalized spacial score (nSPS) is 12.4. The molecule has 0 saturated heterocycles. The zero-order valence-corrected chi connectivity index (χ0v) is 8.64. The van der Waals surface area contributed by atoms with Crippen molar-refractivity contribution in [3.8, 4) is 0 Å². The lowest BCUT2D eigenvalue weighted by Crippen LogP contribution is -2.20. The maximum atomic E-state index is 11.3. The molecule has 14 heavy (non-hydrogen) atoms. The van der Waals surface area contributed by atoms with Crippen molar-refractivity contribution in [2.75, 3.05) is 0 Å². The van der Waals surface area contributed by atoms with Gasteiger partial charge >= 0.3 is 5.97 Å². The highest BCUT2D eigenvalue weighted by Crippen LogP contribution is 2.09. The van der Waals surface area contributed by atoms with E-state index in [9.17, 15) is 4.79 Å². The maximum Gasteiger partial charge on any atom is 0.333 e. The summed E-state index contributed by atoms with van der Waals surface area (Å²) in [6, 6.07) is 0. The van der Waals surface area contributed by atoms with Gasteiger partial charge in [-0.05, 0) is 5.92 Å². The Morgan fingerprint density at radius 3 is 3.00 bits per heavy atom. The van der Waals surface area contributed by atoms with Crippen LogP contribution >= 0.6 is 0 Å². The summed E-state index contributed by atoms with van der Waals surface area (Å²) in [5.74, 6) is 0.181. The average molecular weight is 196 g/mol. The van der Waals surface area contributed by atoms with Gasteiger partial charge in [-0.2, -0.15) is 4.73 Å². The van der Waals surface area contributed by atoms with Gasteiger partial charge in [-0.1, -0.05) is 26.7 Å². The predicted molar refractivity (Wildman–Crippen MR) is 52.5 cm³/mol. The molecule has 0 aliphatic heterocycles. The molecular formula is C10H16N2O2. The predicted octanol–water partition coefficient (Wildman–Crippen LogP) is 1.66. The van der Waals surface area contributed by atoms with Crippen molar-refractivity contribution in [2.24, 2.45) is 5.92 Å². The third-order valence-corrected chi connectivity index (χ3v) is 1.98. The van der Waals surface area contributed by atoms with Crippen LogP contribution in [-0.4, -0.2) is 15.7 Å². The highest BCUT2D eigenvalue weighted by Gasteiger charge is 2.10. The van der Waals surface area contributed by atoms with Gasteiger partial charge in [-0.15, -0.1) is 0 Å². The summed E-state index contributed by atoms with van der Waals surface area (Å²) in [4.78, 5) is 20.1. The van der Waals surface area contributed by atoms with E-state index in [1.807, 2.05) is 0 Å². The fourth-order valence-electron chi connectivity index (χ4n) is 1.34. The molecular weight excluding hydrogens is 180 g/mol. The summed E-state index contributed by atoms with van der Waals surface area (Å²) in [6.07, 6.45) is 7.25. The number of rotatable bonds is 5. The van der Waals surface area contributed by atoms with Crippen LogP contribution in [0.25, 0.3) is 0 Å². The lowest BCUT2D eigenvalue weighted by molar-refractivity contribution is -0.145. The van der Waals surface area contributed by atoms with Gasteiger partial charge in [0.1, 0.15) is 6.33 Å². The number of hydrogen-bond donors (Lipinski definition) is 0. The Morgan fingerprint density at radius 2 is 2.43 bits per heavy atom. The largest absolute Gasteiger partial charge is 0.336 e. The van der Waals surface area contributed by atoms with Gasteiger partial charge in [0.2, 0.25) is 0 Å². The van der Waals surface area contributed by atoms with Gasteiger partial charge in [-0.3, -0.25) is 0 Å². The first kappa shape index (κ1) is 10.8. The molecule has 1 unspecified atom stereocenters. The molecule has 4 nitrogen and oxygen atoms in total. The minimum absolute atomic E-state index is 0.205. The second-order valence-corrected chi connectivity index (χ2v) is 3.48. The summed E-state index contributed by atoms with van der Waals surface area (Å²) in [5, 5.41) is 0. The average Bonchev–Trinajstić information content (AvgIpc) is 2.56. The van der Waals surface area contributed by atoms with Crippen molar-refractivity contribution in [1.82, 2.24) is 9.71 Å². The van der Waals surface area contributed by atoms with Crippen LogP contribution in [0.3, 0.4) is 0 Å². The molecule has 0 aromatic carbocycles. The second kappa shape index (κ2) is 5.42. The lowest BCUT2D eigenvalue weighted by atomic mass is 10.0. The fourth-order valence-corrected chi connectivity index (χ4v) is 1.34. The Bertz CT molecular complexity index is 270. The zero-order valence-electron chi connectivity index (χ0n) is 8.64. The van der Waals surface area contributed by atoms with Gasteiger partial charge in [0.05, 0.1) is 12.6 Å². The maximum absolute atomic E-state index is 11.3. The Kier molecular flexibility index (Phi) is 4.16. The van der Waals surface area contributed by atoms with E-state index in [0.29, 0.717) is 12.3 Å². The van der Waals surface area contributed by atoms with E-state index < -0.39 is 0 Å². The number of carbonyl (C=O) groups is 1. The number of imidazole rings is 1. The Balaban J connectivity index is 2.29. The van der Waals surface area contributed by atoms with Crippen molar-refractivity contribution in [3.63, 3.8) is 0 Å². The van der Waals surface area contributed by atoms with Crippen LogP contribution < -0.4 is 4.84 Å². The lowest BCUT2D eigenvalue weighted by Gasteiger charge is -2.08. The summed E-state index contributed by atoms with van der Waals surface area (Å²) in [5.41, 5.74) is 0. The molecule has 0 amide bonds. The molecule has 0 aliphatic carbocycles. The van der Waals surface area contributed by atoms with Crippen molar-refractivity contribution >= 4 is 5.97 Å². The summed E-state index contributed by atoms with van der Waals surface area (Å²) >= 11 is 0. The topological polar surface area (TPSA) is 44.1 Å². The van der Waals surface area contributed by atoms with Gasteiger partial charge in [0, 0.05) is 6.20 Å². The Hall–Kier alpha value is -1.32. The van der Waals surface area contributed by atoms with Crippen LogP contribution in [0, 0.1) is 5.92 Å². The van der Waals surface area contributed by atoms with E-state index in [2.05, 4.69) is 18.8 Å². The molecule has 0 spiro atoms. The highest BCUT2D eigenvalue weighted by atomic mass is 16.7. The third-order valence-electron chi connectivity index (χ3n) is 1.98. The van der Waals surface area contributed by atoms with E-state index in [-0.39, 0.29) is 5.97 Å². The van der Waals surface area contributed by atoms with Gasteiger partial charge in [0.15, 0.2) is 0 Å². The number of hydrogen-bond acceptors (Lipinski definition) is 3. The quantitative estimate of drug-likeness (QED) is 0.719. The standard InChI is InChI=1S/C10H16N2O2/c1-3-4-9(2)7-10(13)14-12-6-5-11-8-12/h5-6,8-9H,3-4,7H2,1-2H3. The minimum Gasteiger partial charge on any atom is -0.336 e. The van der Waals surface area contributed by atoms with E-state index >= 15 is 0 Å². The van der Waals surface area contributed by atoms with Crippen molar-refractivity contribution in [3.05, 3.63) is 18.7 Å². The van der Waals surface area contributed by atoms with E-state index in [0.717, 1.165) is 12.8 Å². The van der Waals surface area contributed by atoms with Crippen LogP contribution in [0.1, 0.15) is 33.1 Å². The molecule has 1 atom stereocenters. The highest BCUT2D eigenvalue weighted by molar-refractivity contribution is 5.69. The molecule has 1 aromatic heterocycles. The zero-order chi connectivity index (χ0) is 10.4. The number of aromatic nitrogens is 2. The Labute approximate surface area is 83.9 Å². The first-order chi connectivity index (χ1) is 6.72. The van der Waals surface area contributed by atoms with E-state index in [1.165, 1.54) is 11.1 Å². The molecule has 1 heterocycles. The summed E-state index contributed by atoms with van der Waals surface area (Å²) in [6.45, 7) is 4.16. The van der Waals surface area contributed by atoms with E-state index in [4.69, 9.17) is 4.84 Å². The van der Waals surface area contributed by atoms with Crippen LogP contribution in [0.2, 0.25) is 0 Å². The van der Waals surface area contributed by atoms with Gasteiger partial charge < -0.3 is 4.84 Å². The number of carbonyl (C=O) groups excluding carboxylic acids is 1. The van der Waals surface area contributed by atoms with Crippen molar-refractivity contribution in [1.29, 1.82) is 0 Å². The molecule has 0 aliphatic rings. The van der Waals surface area contributed by atoms with E-state index in [1.54, 1.807) is 12.4 Å². The van der Waals surface area contributed by atoms with Gasteiger partial charge in [0.25, 0.3) is 0 Å². The molecule has 4 heteroatoms. The van der Waals surface area contributed by atoms with Gasteiger partial charge in [-0.25, -0.2) is 9.78 Å². The third kappa shape index (κ3) is 3.60. The van der Waals surface area contributed by atoms with Crippen LogP contribution in [0.15, 0.2) is 18.7 Å². The molecule has 0 radical (unpaired) electrons. The SMILES string of the molecule is CCCC(C)CC(=O)On1ccnc1. The molecule has 0 bridgehead atoms.